The van der Waals surface area contributed by atoms with Gasteiger partial charge in [-0.2, -0.15) is 0 Å². The van der Waals surface area contributed by atoms with Crippen LogP contribution in [0.3, 0.4) is 0 Å². The van der Waals surface area contributed by atoms with Crippen molar-refractivity contribution in [1.29, 1.82) is 0 Å². The van der Waals surface area contributed by atoms with Gasteiger partial charge in [-0.05, 0) is 48.0 Å². The number of aromatic nitrogens is 1. The Morgan fingerprint density at radius 2 is 1.50 bits per heavy atom. The maximum atomic E-state index is 13.4. The first-order valence-corrected chi connectivity index (χ1v) is 10.8. The summed E-state index contributed by atoms with van der Waals surface area (Å²) in [5.74, 6) is 0. The number of nitrogens with zero attached hydrogens (tertiary/aromatic N) is 1. The van der Waals surface area contributed by atoms with Gasteiger partial charge < -0.3 is 0 Å². The second-order valence-corrected chi connectivity index (χ2v) is 9.30. The molecular formula is C21H12Cl3NO2S. The molecule has 4 rings (SSSR count). The monoisotopic (exact) mass is 447 g/mol. The highest BCUT2D eigenvalue weighted by Crippen LogP contribution is 2.38. The molecule has 0 N–H and O–H groups in total. The summed E-state index contributed by atoms with van der Waals surface area (Å²) < 4.78 is 26.8. The van der Waals surface area contributed by atoms with E-state index in [0.29, 0.717) is 37.1 Å². The molecule has 0 aliphatic heterocycles. The van der Waals surface area contributed by atoms with Crippen molar-refractivity contribution in [2.45, 2.75) is 9.79 Å². The largest absolute Gasteiger partial charge is 0.253 e. The zero-order valence-corrected chi connectivity index (χ0v) is 17.3. The van der Waals surface area contributed by atoms with Crippen molar-refractivity contribution in [3.63, 3.8) is 0 Å². The molecule has 7 heteroatoms. The number of hydrogen-bond donors (Lipinski definition) is 0. The highest BCUT2D eigenvalue weighted by atomic mass is 35.5. The molecular weight excluding hydrogens is 437 g/mol. The Labute approximate surface area is 177 Å². The molecule has 0 amide bonds. The molecule has 0 aliphatic rings. The fraction of sp³-hybridized carbons (Fsp3) is 0. The van der Waals surface area contributed by atoms with Crippen LogP contribution < -0.4 is 0 Å². The summed E-state index contributed by atoms with van der Waals surface area (Å²) >= 11 is 18.4. The first kappa shape index (κ1) is 19.2. The van der Waals surface area contributed by atoms with Crippen molar-refractivity contribution in [2.75, 3.05) is 0 Å². The molecule has 0 bridgehead atoms. The molecule has 4 aromatic rings. The summed E-state index contributed by atoms with van der Waals surface area (Å²) in [5.41, 5.74) is 1.69. The molecule has 0 aliphatic carbocycles. The number of rotatable bonds is 3. The molecule has 1 aromatic heterocycles. The van der Waals surface area contributed by atoms with E-state index in [2.05, 4.69) is 4.98 Å². The third kappa shape index (κ3) is 3.38. The van der Waals surface area contributed by atoms with Crippen LogP contribution >= 0.6 is 34.8 Å². The lowest BCUT2D eigenvalue weighted by molar-refractivity contribution is 0.596. The fourth-order valence-corrected chi connectivity index (χ4v) is 5.03. The minimum Gasteiger partial charge on any atom is -0.253 e. The molecule has 0 atom stereocenters. The van der Waals surface area contributed by atoms with Gasteiger partial charge in [0.2, 0.25) is 9.84 Å². The average Bonchev–Trinajstić information content (AvgIpc) is 2.68. The number of benzene rings is 3. The van der Waals surface area contributed by atoms with Gasteiger partial charge in [0.1, 0.15) is 0 Å². The van der Waals surface area contributed by atoms with E-state index in [1.165, 1.54) is 18.3 Å². The summed E-state index contributed by atoms with van der Waals surface area (Å²) in [5, 5.41) is 2.03. The van der Waals surface area contributed by atoms with Crippen LogP contribution in [0.1, 0.15) is 0 Å². The van der Waals surface area contributed by atoms with Crippen LogP contribution in [0.5, 0.6) is 0 Å². The number of pyridine rings is 1. The molecule has 140 valence electrons. The van der Waals surface area contributed by atoms with Gasteiger partial charge in [0.15, 0.2) is 0 Å². The lowest BCUT2D eigenvalue weighted by Crippen LogP contribution is -2.05. The lowest BCUT2D eigenvalue weighted by atomic mass is 10.0. The van der Waals surface area contributed by atoms with E-state index in [1.54, 1.807) is 48.5 Å². The Balaban J connectivity index is 2.09. The third-order valence-corrected chi connectivity index (χ3v) is 6.91. The van der Waals surface area contributed by atoms with Crippen LogP contribution in [0.25, 0.3) is 22.0 Å². The minimum absolute atomic E-state index is 0.0758. The summed E-state index contributed by atoms with van der Waals surface area (Å²) in [4.78, 5) is 4.53. The molecule has 0 fully saturated rings. The molecule has 1 heterocycles. The molecule has 0 saturated heterocycles. The number of para-hydroxylation sites is 1. The van der Waals surface area contributed by atoms with Gasteiger partial charge in [0.05, 0.1) is 20.3 Å². The normalized spacial score (nSPS) is 11.7. The third-order valence-electron chi connectivity index (χ3n) is 4.34. The zero-order valence-electron chi connectivity index (χ0n) is 14.2. The smallest absolute Gasteiger partial charge is 0.208 e. The van der Waals surface area contributed by atoms with E-state index in [9.17, 15) is 8.42 Å². The van der Waals surface area contributed by atoms with Gasteiger partial charge in [0, 0.05) is 27.2 Å². The minimum atomic E-state index is -3.86. The Kier molecular flexibility index (Phi) is 5.06. The highest BCUT2D eigenvalue weighted by Gasteiger charge is 2.25. The van der Waals surface area contributed by atoms with Crippen molar-refractivity contribution in [3.8, 4) is 11.1 Å². The Hall–Kier alpha value is -2.11. The van der Waals surface area contributed by atoms with Crippen LogP contribution in [-0.4, -0.2) is 13.4 Å². The maximum Gasteiger partial charge on any atom is 0.208 e. The topological polar surface area (TPSA) is 47.0 Å². The predicted octanol–water partition coefficient (Wildman–Crippen LogP) is 6.69. The van der Waals surface area contributed by atoms with Crippen LogP contribution in [0.4, 0.5) is 0 Å². The standard InChI is InChI=1S/C21H12Cl3NO2S/c22-14-7-9-16(10-8-14)28(26,27)19-12-25-21-17(5-2-6-18(21)24)20(19)13-3-1-4-15(23)11-13/h1-12H. The van der Waals surface area contributed by atoms with Gasteiger partial charge in [-0.3, -0.25) is 4.98 Å². The van der Waals surface area contributed by atoms with E-state index in [1.807, 2.05) is 6.07 Å². The first-order valence-electron chi connectivity index (χ1n) is 8.22. The Bertz CT molecular complexity index is 1300. The van der Waals surface area contributed by atoms with Crippen LogP contribution in [0, 0.1) is 0 Å². The van der Waals surface area contributed by atoms with Gasteiger partial charge in [-0.1, -0.05) is 59.1 Å². The van der Waals surface area contributed by atoms with Gasteiger partial charge in [-0.15, -0.1) is 0 Å². The van der Waals surface area contributed by atoms with E-state index < -0.39 is 9.84 Å². The summed E-state index contributed by atoms with van der Waals surface area (Å²) in [6, 6.07) is 18.3. The van der Waals surface area contributed by atoms with Crippen molar-refractivity contribution < 1.29 is 8.42 Å². The first-order chi connectivity index (χ1) is 13.4. The Morgan fingerprint density at radius 3 is 2.21 bits per heavy atom. The molecule has 0 saturated carbocycles. The molecule has 0 spiro atoms. The van der Waals surface area contributed by atoms with Crippen LogP contribution in [-0.2, 0) is 9.84 Å². The second-order valence-electron chi connectivity index (χ2n) is 6.10. The lowest BCUT2D eigenvalue weighted by Gasteiger charge is -2.14. The number of halogens is 3. The van der Waals surface area contributed by atoms with Crippen LogP contribution in [0.15, 0.2) is 82.7 Å². The van der Waals surface area contributed by atoms with Gasteiger partial charge >= 0.3 is 0 Å². The highest BCUT2D eigenvalue weighted by molar-refractivity contribution is 7.91. The van der Waals surface area contributed by atoms with Crippen molar-refractivity contribution in [3.05, 3.63) is 88.0 Å². The molecule has 3 nitrogen and oxygen atoms in total. The summed E-state index contributed by atoms with van der Waals surface area (Å²) in [6.45, 7) is 0. The summed E-state index contributed by atoms with van der Waals surface area (Å²) in [7, 11) is -3.86. The SMILES string of the molecule is O=S(=O)(c1ccc(Cl)cc1)c1cnc2c(Cl)cccc2c1-c1cccc(Cl)c1. The van der Waals surface area contributed by atoms with E-state index >= 15 is 0 Å². The van der Waals surface area contributed by atoms with E-state index in [4.69, 9.17) is 34.8 Å². The van der Waals surface area contributed by atoms with Crippen molar-refractivity contribution in [2.24, 2.45) is 0 Å². The molecule has 28 heavy (non-hydrogen) atoms. The molecule has 0 unspecified atom stereocenters. The van der Waals surface area contributed by atoms with Crippen LogP contribution in [0.2, 0.25) is 15.1 Å². The predicted molar refractivity (Wildman–Crippen MR) is 114 cm³/mol. The van der Waals surface area contributed by atoms with Crippen molar-refractivity contribution >= 4 is 55.5 Å². The average molecular weight is 449 g/mol. The van der Waals surface area contributed by atoms with E-state index in [-0.39, 0.29) is 9.79 Å². The zero-order chi connectivity index (χ0) is 19.9. The number of hydrogen-bond acceptors (Lipinski definition) is 3. The van der Waals surface area contributed by atoms with Gasteiger partial charge in [0.25, 0.3) is 0 Å². The quantitative estimate of drug-likeness (QED) is 0.350. The number of sulfone groups is 1. The Morgan fingerprint density at radius 1 is 0.786 bits per heavy atom. The van der Waals surface area contributed by atoms with Gasteiger partial charge in [-0.25, -0.2) is 8.42 Å². The summed E-state index contributed by atoms with van der Waals surface area (Å²) in [6.07, 6.45) is 1.34. The van der Waals surface area contributed by atoms with E-state index in [0.717, 1.165) is 0 Å². The fourth-order valence-electron chi connectivity index (χ4n) is 3.05. The second kappa shape index (κ2) is 7.37. The number of fused-ring (bicyclic) bond motifs is 1. The maximum absolute atomic E-state index is 13.4. The molecule has 0 radical (unpaired) electrons. The van der Waals surface area contributed by atoms with Crippen molar-refractivity contribution in [1.82, 2.24) is 4.98 Å². The molecule has 3 aromatic carbocycles.